The van der Waals surface area contributed by atoms with Crippen LogP contribution in [0.1, 0.15) is 30.6 Å². The molecular formula is C23H34N6O4S. The molecule has 2 aromatic rings. The van der Waals surface area contributed by atoms with Crippen LogP contribution < -0.4 is 21.7 Å². The van der Waals surface area contributed by atoms with Crippen LogP contribution >= 0.6 is 11.3 Å². The summed E-state index contributed by atoms with van der Waals surface area (Å²) in [6, 6.07) is 5.02. The van der Waals surface area contributed by atoms with Crippen molar-refractivity contribution in [1.82, 2.24) is 25.8 Å². The molecule has 1 aliphatic rings. The van der Waals surface area contributed by atoms with Gasteiger partial charge in [-0.1, -0.05) is 24.3 Å². The molecule has 11 heteroatoms. The highest BCUT2D eigenvalue weighted by atomic mass is 32.1. The lowest BCUT2D eigenvalue weighted by Crippen LogP contribution is -2.68. The normalized spacial score (nSPS) is 20.3. The van der Waals surface area contributed by atoms with Crippen molar-refractivity contribution in [2.45, 2.75) is 50.2 Å². The fourth-order valence-electron chi connectivity index (χ4n) is 4.12. The zero-order valence-corrected chi connectivity index (χ0v) is 20.7. The molecule has 2 amide bonds. The minimum absolute atomic E-state index is 0.0147. The molecule has 186 valence electrons. The van der Waals surface area contributed by atoms with Crippen LogP contribution in [0.15, 0.2) is 29.8 Å². The van der Waals surface area contributed by atoms with Gasteiger partial charge in [0.1, 0.15) is 12.1 Å². The van der Waals surface area contributed by atoms with Crippen molar-refractivity contribution < 1.29 is 19.8 Å². The maximum atomic E-state index is 13.2. The first-order valence-corrected chi connectivity index (χ1v) is 12.1. The van der Waals surface area contributed by atoms with Gasteiger partial charge in [-0.15, -0.1) is 11.3 Å². The van der Waals surface area contributed by atoms with Gasteiger partial charge < -0.3 is 36.8 Å². The monoisotopic (exact) mass is 490 g/mol. The maximum Gasteiger partial charge on any atom is 0.243 e. The Labute approximate surface area is 203 Å². The van der Waals surface area contributed by atoms with Crippen LogP contribution in [-0.2, 0) is 9.59 Å². The number of hydrogen-bond donors (Lipinski definition) is 6. The molecule has 4 atom stereocenters. The van der Waals surface area contributed by atoms with Gasteiger partial charge in [-0.25, -0.2) is 4.98 Å². The predicted octanol–water partition coefficient (Wildman–Crippen LogP) is -0.288. The lowest BCUT2D eigenvalue weighted by atomic mass is 10.0. The number of nitrogens with two attached hydrogens (primary N) is 1. The molecular weight excluding hydrogens is 456 g/mol. The number of amides is 2. The number of aliphatic hydroxyl groups is 2. The molecule has 0 radical (unpaired) electrons. The number of thiazole rings is 1. The van der Waals surface area contributed by atoms with Gasteiger partial charge in [0, 0.05) is 13.0 Å². The Kier molecular flexibility index (Phi) is 8.39. The zero-order chi connectivity index (χ0) is 25.0. The third-order valence-corrected chi connectivity index (χ3v) is 7.59. The molecule has 1 aliphatic heterocycles. The Morgan fingerprint density at radius 2 is 1.94 bits per heavy atom. The number of aliphatic hydroxyl groups excluding tert-OH is 2. The molecule has 0 aliphatic carbocycles. The average molecular weight is 491 g/mol. The first kappa shape index (κ1) is 26.2. The molecule has 0 unspecified atom stereocenters. The number of benzene rings is 1. The number of aromatic nitrogens is 1. The molecule has 0 saturated carbocycles. The summed E-state index contributed by atoms with van der Waals surface area (Å²) in [5.74, 6) is -0.901. The first-order valence-electron chi connectivity index (χ1n) is 11.2. The number of nitrogens with one attached hydrogen (secondary N) is 3. The van der Waals surface area contributed by atoms with Crippen molar-refractivity contribution in [3.05, 3.63) is 41.0 Å². The van der Waals surface area contributed by atoms with E-state index in [1.807, 2.05) is 31.2 Å². The van der Waals surface area contributed by atoms with Gasteiger partial charge in [0.25, 0.3) is 0 Å². The fraction of sp³-hybridized carbons (Fsp3) is 0.522. The smallest absolute Gasteiger partial charge is 0.243 e. The highest BCUT2D eigenvalue weighted by Gasteiger charge is 2.44. The average Bonchev–Trinajstić information content (AvgIpc) is 3.46. The third-order valence-electron chi connectivity index (χ3n) is 6.61. The summed E-state index contributed by atoms with van der Waals surface area (Å²) >= 11 is 1.55. The summed E-state index contributed by atoms with van der Waals surface area (Å²) in [5.41, 5.74) is 9.80. The van der Waals surface area contributed by atoms with Crippen LogP contribution in [0.5, 0.6) is 0 Å². The largest absolute Gasteiger partial charge is 0.394 e. The third kappa shape index (κ3) is 5.29. The quantitative estimate of drug-likeness (QED) is 0.262. The minimum atomic E-state index is -0.987. The van der Waals surface area contributed by atoms with Gasteiger partial charge in [-0.2, -0.15) is 0 Å². The van der Waals surface area contributed by atoms with E-state index in [0.29, 0.717) is 0 Å². The van der Waals surface area contributed by atoms with E-state index in [-0.39, 0.29) is 19.6 Å². The number of carbonyl (C=O) groups excluding carboxylic acids is 2. The van der Waals surface area contributed by atoms with Crippen LogP contribution in [0, 0.1) is 6.92 Å². The van der Waals surface area contributed by atoms with Crippen LogP contribution in [0.25, 0.3) is 10.4 Å². The Balaban J connectivity index is 1.74. The standard InChI is InChI=1S/C23H34N6O4S/c1-13-19(34-12-27-13)15-7-5-14(6-8-15)17(11-30)28-21(32)18-9-16(31)10-29(18)22(33)20(24)23(2,25-3)26-4/h5-8,12,16-18,20,25-26,30-31H,9-11,24H2,1-4H3,(H,28,32)/t16-,17+,18+,20-/m1/s1. The van der Waals surface area contributed by atoms with Crippen molar-refractivity contribution in [2.75, 3.05) is 27.2 Å². The van der Waals surface area contributed by atoms with Crippen molar-refractivity contribution in [3.8, 4) is 10.4 Å². The number of hydrogen-bond acceptors (Lipinski definition) is 9. The molecule has 7 N–H and O–H groups in total. The van der Waals surface area contributed by atoms with Crippen LogP contribution in [0.4, 0.5) is 0 Å². The molecule has 10 nitrogen and oxygen atoms in total. The van der Waals surface area contributed by atoms with Gasteiger partial charge >= 0.3 is 0 Å². The van der Waals surface area contributed by atoms with E-state index in [9.17, 15) is 19.8 Å². The fourth-order valence-corrected chi connectivity index (χ4v) is 4.93. The van der Waals surface area contributed by atoms with Crippen LogP contribution in [0.2, 0.25) is 0 Å². The highest BCUT2D eigenvalue weighted by molar-refractivity contribution is 7.13. The van der Waals surface area contributed by atoms with E-state index in [0.717, 1.165) is 21.7 Å². The Morgan fingerprint density at radius 3 is 2.47 bits per heavy atom. The minimum Gasteiger partial charge on any atom is -0.394 e. The number of β-amino-alcohol motifs (C(OH)–C–C–N with tert-alkyl or cyclic N) is 1. The predicted molar refractivity (Wildman–Crippen MR) is 131 cm³/mol. The maximum absolute atomic E-state index is 13.2. The lowest BCUT2D eigenvalue weighted by molar-refractivity contribution is -0.141. The molecule has 1 aromatic carbocycles. The zero-order valence-electron chi connectivity index (χ0n) is 19.9. The van der Waals surface area contributed by atoms with Gasteiger partial charge in [0.05, 0.1) is 40.5 Å². The van der Waals surface area contributed by atoms with Crippen molar-refractivity contribution in [1.29, 1.82) is 0 Å². The lowest BCUT2D eigenvalue weighted by Gasteiger charge is -2.37. The van der Waals surface area contributed by atoms with E-state index in [2.05, 4.69) is 20.9 Å². The second kappa shape index (κ2) is 10.9. The van der Waals surface area contributed by atoms with Crippen molar-refractivity contribution in [2.24, 2.45) is 5.73 Å². The number of nitrogens with zero attached hydrogens (tertiary/aromatic N) is 2. The van der Waals surface area contributed by atoms with Crippen molar-refractivity contribution in [3.63, 3.8) is 0 Å². The number of likely N-dealkylation sites (tertiary alicyclic amines) is 1. The molecule has 1 fully saturated rings. The van der Waals surface area contributed by atoms with Gasteiger partial charge in [0.2, 0.25) is 11.8 Å². The molecule has 34 heavy (non-hydrogen) atoms. The van der Waals surface area contributed by atoms with E-state index in [4.69, 9.17) is 5.73 Å². The van der Waals surface area contributed by atoms with E-state index in [1.165, 1.54) is 4.90 Å². The summed E-state index contributed by atoms with van der Waals surface area (Å²) in [6.07, 6.45) is -0.737. The Bertz CT molecular complexity index is 994. The summed E-state index contributed by atoms with van der Waals surface area (Å²) in [7, 11) is 3.36. The van der Waals surface area contributed by atoms with Gasteiger partial charge in [-0.05, 0) is 39.1 Å². The second-order valence-electron chi connectivity index (χ2n) is 8.71. The van der Waals surface area contributed by atoms with Crippen molar-refractivity contribution >= 4 is 23.2 Å². The molecule has 0 bridgehead atoms. The number of aryl methyl sites for hydroxylation is 1. The first-order chi connectivity index (χ1) is 16.1. The van der Waals surface area contributed by atoms with Gasteiger partial charge in [-0.3, -0.25) is 9.59 Å². The topological polar surface area (TPSA) is 153 Å². The van der Waals surface area contributed by atoms with Crippen LogP contribution in [0.3, 0.4) is 0 Å². The Hall–Kier alpha value is -2.41. The van der Waals surface area contributed by atoms with Gasteiger partial charge in [0.15, 0.2) is 0 Å². The molecule has 1 saturated heterocycles. The summed E-state index contributed by atoms with van der Waals surface area (Å²) in [5, 5.41) is 29.0. The molecule has 1 aromatic heterocycles. The van der Waals surface area contributed by atoms with E-state index in [1.54, 1.807) is 37.9 Å². The summed E-state index contributed by atoms with van der Waals surface area (Å²) in [4.78, 5) is 33.0. The van der Waals surface area contributed by atoms with Crippen LogP contribution in [-0.4, -0.2) is 83.0 Å². The summed E-state index contributed by atoms with van der Waals surface area (Å²) in [6.45, 7) is 3.39. The Morgan fingerprint density at radius 1 is 1.29 bits per heavy atom. The molecule has 3 rings (SSSR count). The number of carbonyl (C=O) groups is 2. The number of rotatable bonds is 9. The van der Waals surface area contributed by atoms with E-state index >= 15 is 0 Å². The van der Waals surface area contributed by atoms with E-state index < -0.39 is 41.7 Å². The number of likely N-dealkylation sites (N-methyl/N-ethyl adjacent to an activating group) is 2. The molecule has 2 heterocycles. The molecule has 0 spiro atoms. The SMILES string of the molecule is CNC(C)(NC)[C@H](N)C(=O)N1C[C@H](O)C[C@H]1C(=O)N[C@@H](CO)c1ccc(-c2scnc2C)cc1. The summed E-state index contributed by atoms with van der Waals surface area (Å²) < 4.78 is 0. The highest BCUT2D eigenvalue weighted by Crippen LogP contribution is 2.28. The second-order valence-corrected chi connectivity index (χ2v) is 9.56.